The summed E-state index contributed by atoms with van der Waals surface area (Å²) in [6.07, 6.45) is 6.52. The third kappa shape index (κ3) is 4.22. The van der Waals surface area contributed by atoms with Crippen LogP contribution in [0.1, 0.15) is 21.7 Å². The molecule has 0 saturated heterocycles. The van der Waals surface area contributed by atoms with Crippen LogP contribution in [0.5, 0.6) is 0 Å². The lowest BCUT2D eigenvalue weighted by molar-refractivity contribution is 0.0821. The van der Waals surface area contributed by atoms with Gasteiger partial charge in [-0.1, -0.05) is 29.8 Å². The fourth-order valence-corrected chi connectivity index (χ4v) is 3.43. The van der Waals surface area contributed by atoms with Crippen molar-refractivity contribution in [3.05, 3.63) is 83.0 Å². The van der Waals surface area contributed by atoms with Crippen LogP contribution in [0.3, 0.4) is 0 Å². The zero-order chi connectivity index (χ0) is 21.1. The van der Waals surface area contributed by atoms with Gasteiger partial charge in [0.2, 0.25) is 0 Å². The molecule has 1 N–H and O–H groups in total. The number of rotatable bonds is 7. The molecule has 0 unspecified atom stereocenters. The molecule has 7 nitrogen and oxygen atoms in total. The molecule has 0 fully saturated rings. The Kier molecular flexibility index (Phi) is 5.83. The Morgan fingerprint density at radius 3 is 2.70 bits per heavy atom. The topological polar surface area (TPSA) is 67.5 Å². The van der Waals surface area contributed by atoms with Gasteiger partial charge in [-0.25, -0.2) is 9.67 Å². The molecule has 30 heavy (non-hydrogen) atoms. The summed E-state index contributed by atoms with van der Waals surface area (Å²) in [4.78, 5) is 18.6. The number of nitrogens with zero attached hydrogens (tertiary/aromatic N) is 5. The van der Waals surface area contributed by atoms with E-state index in [9.17, 15) is 4.79 Å². The number of nitrogens with one attached hydrogen (secondary N) is 1. The third-order valence-corrected chi connectivity index (χ3v) is 5.05. The predicted octanol–water partition coefficient (Wildman–Crippen LogP) is 3.21. The van der Waals surface area contributed by atoms with Crippen LogP contribution in [-0.4, -0.2) is 50.6 Å². The molecule has 0 aliphatic rings. The fourth-order valence-electron chi connectivity index (χ4n) is 3.27. The lowest BCUT2D eigenvalue weighted by Gasteiger charge is -2.11. The van der Waals surface area contributed by atoms with Crippen LogP contribution >= 0.6 is 11.6 Å². The normalized spacial score (nSPS) is 11.2. The number of halogens is 1. The van der Waals surface area contributed by atoms with Crippen LogP contribution in [-0.2, 0) is 13.0 Å². The number of hydrogen-bond donors (Lipinski definition) is 1. The summed E-state index contributed by atoms with van der Waals surface area (Å²) in [6.45, 7) is 1.24. The SMILES string of the molecule is CN(C)C(=O)c1nc2ccc(Cl)cn2c1CNCCc1cnn(-c2ccccc2)c1. The number of amides is 1. The van der Waals surface area contributed by atoms with Gasteiger partial charge in [0.05, 0.1) is 22.6 Å². The third-order valence-electron chi connectivity index (χ3n) is 4.83. The molecule has 0 saturated carbocycles. The van der Waals surface area contributed by atoms with Crippen molar-refractivity contribution in [3.8, 4) is 5.69 Å². The first-order valence-electron chi connectivity index (χ1n) is 9.71. The van der Waals surface area contributed by atoms with Gasteiger partial charge in [-0.2, -0.15) is 5.10 Å². The molecular formula is C22H23ClN6O. The van der Waals surface area contributed by atoms with Crippen LogP contribution in [0.4, 0.5) is 0 Å². The summed E-state index contributed by atoms with van der Waals surface area (Å²) in [5, 5.41) is 8.45. The summed E-state index contributed by atoms with van der Waals surface area (Å²) >= 11 is 6.16. The number of carbonyl (C=O) groups excluding carboxylic acids is 1. The zero-order valence-corrected chi connectivity index (χ0v) is 17.7. The van der Waals surface area contributed by atoms with Gasteiger partial charge in [0.25, 0.3) is 5.91 Å². The molecule has 8 heteroatoms. The summed E-state index contributed by atoms with van der Waals surface area (Å²) in [5.41, 5.74) is 4.10. The van der Waals surface area contributed by atoms with E-state index in [4.69, 9.17) is 11.6 Å². The first-order chi connectivity index (χ1) is 14.5. The highest BCUT2D eigenvalue weighted by molar-refractivity contribution is 6.30. The van der Waals surface area contributed by atoms with Crippen LogP contribution in [0.15, 0.2) is 61.1 Å². The Bertz CT molecular complexity index is 1170. The van der Waals surface area contributed by atoms with Crippen molar-refractivity contribution in [3.63, 3.8) is 0 Å². The van der Waals surface area contributed by atoms with E-state index in [1.807, 2.05) is 57.9 Å². The Balaban J connectivity index is 1.45. The first-order valence-corrected chi connectivity index (χ1v) is 10.1. The molecule has 0 aliphatic heterocycles. The smallest absolute Gasteiger partial charge is 0.273 e. The van der Waals surface area contributed by atoms with Gasteiger partial charge in [-0.05, 0) is 42.8 Å². The molecule has 4 rings (SSSR count). The molecule has 0 spiro atoms. The van der Waals surface area contributed by atoms with Crippen molar-refractivity contribution in [2.75, 3.05) is 20.6 Å². The summed E-state index contributed by atoms with van der Waals surface area (Å²) in [6, 6.07) is 13.6. The lowest BCUT2D eigenvalue weighted by atomic mass is 10.2. The van der Waals surface area contributed by atoms with E-state index in [1.54, 1.807) is 26.4 Å². The average Bonchev–Trinajstić information content (AvgIpc) is 3.36. The summed E-state index contributed by atoms with van der Waals surface area (Å²) in [7, 11) is 3.45. The molecule has 4 aromatic rings. The van der Waals surface area contributed by atoms with Gasteiger partial charge in [0, 0.05) is 33.0 Å². The van der Waals surface area contributed by atoms with E-state index in [0.717, 1.165) is 29.9 Å². The molecule has 0 bridgehead atoms. The number of imidazole rings is 1. The van der Waals surface area contributed by atoms with Crippen molar-refractivity contribution in [2.24, 2.45) is 0 Å². The maximum absolute atomic E-state index is 12.6. The van der Waals surface area contributed by atoms with E-state index >= 15 is 0 Å². The van der Waals surface area contributed by atoms with Gasteiger partial charge in [0.1, 0.15) is 5.65 Å². The molecule has 0 atom stereocenters. The van der Waals surface area contributed by atoms with E-state index < -0.39 is 0 Å². The largest absolute Gasteiger partial charge is 0.343 e. The van der Waals surface area contributed by atoms with Crippen molar-refractivity contribution < 1.29 is 4.79 Å². The zero-order valence-electron chi connectivity index (χ0n) is 16.9. The monoisotopic (exact) mass is 422 g/mol. The van der Waals surface area contributed by atoms with Gasteiger partial charge in [0.15, 0.2) is 5.69 Å². The quantitative estimate of drug-likeness (QED) is 0.464. The summed E-state index contributed by atoms with van der Waals surface area (Å²) < 4.78 is 3.75. The van der Waals surface area contributed by atoms with E-state index in [-0.39, 0.29) is 5.91 Å². The Hall–Kier alpha value is -3.16. The number of benzene rings is 1. The molecular weight excluding hydrogens is 400 g/mol. The average molecular weight is 423 g/mol. The second-order valence-corrected chi connectivity index (χ2v) is 7.67. The van der Waals surface area contributed by atoms with Gasteiger partial charge < -0.3 is 14.6 Å². The van der Waals surface area contributed by atoms with Gasteiger partial charge in [-0.15, -0.1) is 0 Å². The highest BCUT2D eigenvalue weighted by Crippen LogP contribution is 2.18. The highest BCUT2D eigenvalue weighted by Gasteiger charge is 2.20. The van der Waals surface area contributed by atoms with Crippen molar-refractivity contribution >= 4 is 23.2 Å². The van der Waals surface area contributed by atoms with E-state index in [2.05, 4.69) is 15.4 Å². The number of hydrogen-bond acceptors (Lipinski definition) is 4. The maximum Gasteiger partial charge on any atom is 0.273 e. The second-order valence-electron chi connectivity index (χ2n) is 7.24. The summed E-state index contributed by atoms with van der Waals surface area (Å²) in [5.74, 6) is -0.129. The Morgan fingerprint density at radius 2 is 1.93 bits per heavy atom. The van der Waals surface area contributed by atoms with Crippen molar-refractivity contribution in [1.82, 2.24) is 29.4 Å². The standard InChI is InChI=1S/C22H23ClN6O/c1-27(2)22(30)21-19(28-15-17(23)8-9-20(28)26-21)13-24-11-10-16-12-25-29(14-16)18-6-4-3-5-7-18/h3-9,12,14-15,24H,10-11,13H2,1-2H3. The maximum atomic E-state index is 12.6. The number of para-hydroxylation sites is 1. The minimum absolute atomic E-state index is 0.129. The molecule has 1 amide bonds. The minimum atomic E-state index is -0.129. The lowest BCUT2D eigenvalue weighted by Crippen LogP contribution is -2.25. The minimum Gasteiger partial charge on any atom is -0.343 e. The fraction of sp³-hybridized carbons (Fsp3) is 0.227. The predicted molar refractivity (Wildman–Crippen MR) is 117 cm³/mol. The van der Waals surface area contributed by atoms with Crippen LogP contribution in [0.25, 0.3) is 11.3 Å². The Labute approximate surface area is 179 Å². The molecule has 3 heterocycles. The van der Waals surface area contributed by atoms with Gasteiger partial charge >= 0.3 is 0 Å². The van der Waals surface area contributed by atoms with Crippen LogP contribution in [0.2, 0.25) is 5.02 Å². The molecule has 154 valence electrons. The van der Waals surface area contributed by atoms with E-state index in [0.29, 0.717) is 22.9 Å². The Morgan fingerprint density at radius 1 is 1.13 bits per heavy atom. The number of carbonyl (C=O) groups is 1. The highest BCUT2D eigenvalue weighted by atomic mass is 35.5. The van der Waals surface area contributed by atoms with Crippen molar-refractivity contribution in [1.29, 1.82) is 0 Å². The van der Waals surface area contributed by atoms with Crippen LogP contribution in [0, 0.1) is 0 Å². The number of fused-ring (bicyclic) bond motifs is 1. The molecule has 3 aromatic heterocycles. The number of pyridine rings is 1. The van der Waals surface area contributed by atoms with Gasteiger partial charge in [-0.3, -0.25) is 4.79 Å². The molecule has 1 aromatic carbocycles. The second kappa shape index (κ2) is 8.69. The van der Waals surface area contributed by atoms with E-state index in [1.165, 1.54) is 4.90 Å². The molecule has 0 radical (unpaired) electrons. The first kappa shape index (κ1) is 20.1. The van der Waals surface area contributed by atoms with Crippen LogP contribution < -0.4 is 5.32 Å². The van der Waals surface area contributed by atoms with Crippen molar-refractivity contribution in [2.45, 2.75) is 13.0 Å². The number of aromatic nitrogens is 4. The molecule has 0 aliphatic carbocycles.